The lowest BCUT2D eigenvalue weighted by Crippen LogP contribution is -2.59. The molecule has 0 bridgehead atoms. The Balaban J connectivity index is 1.83. The Morgan fingerprint density at radius 1 is 1.20 bits per heavy atom. The second kappa shape index (κ2) is 7.21. The van der Waals surface area contributed by atoms with Gasteiger partial charge >= 0.3 is 0 Å². The fourth-order valence-electron chi connectivity index (χ4n) is 3.95. The molecule has 2 N–H and O–H groups in total. The largest absolute Gasteiger partial charge is 0.329 e. The first-order chi connectivity index (χ1) is 9.59. The summed E-state index contributed by atoms with van der Waals surface area (Å²) in [6, 6.07) is 0. The van der Waals surface area contributed by atoms with Crippen LogP contribution in [0.15, 0.2) is 0 Å². The normalized spacial score (nSPS) is 33.1. The van der Waals surface area contributed by atoms with Gasteiger partial charge in [0.05, 0.1) is 0 Å². The van der Waals surface area contributed by atoms with Gasteiger partial charge in [-0.15, -0.1) is 0 Å². The molecule has 2 rings (SSSR count). The van der Waals surface area contributed by atoms with Crippen molar-refractivity contribution in [2.75, 3.05) is 59.9 Å². The van der Waals surface area contributed by atoms with Crippen molar-refractivity contribution >= 4 is 0 Å². The number of rotatable bonds is 6. The third kappa shape index (κ3) is 3.73. The van der Waals surface area contributed by atoms with E-state index >= 15 is 0 Å². The lowest BCUT2D eigenvalue weighted by Gasteiger charge is -2.46. The van der Waals surface area contributed by atoms with E-state index < -0.39 is 0 Å². The standard InChI is InChI=1S/C16H34N4/c1-4-15-5-6-16(13-15,14-17)20-11-9-19(10-12-20)8-7-18(2)3/h15H,4-14,17H2,1-3H3. The molecular weight excluding hydrogens is 248 g/mol. The molecule has 0 spiro atoms. The van der Waals surface area contributed by atoms with Gasteiger partial charge in [-0.05, 0) is 39.3 Å². The third-order valence-corrected chi connectivity index (χ3v) is 5.55. The van der Waals surface area contributed by atoms with Gasteiger partial charge in [0.1, 0.15) is 0 Å². The van der Waals surface area contributed by atoms with Crippen LogP contribution < -0.4 is 5.73 Å². The molecule has 1 aliphatic carbocycles. The first kappa shape index (κ1) is 16.2. The van der Waals surface area contributed by atoms with Crippen molar-refractivity contribution in [3.63, 3.8) is 0 Å². The van der Waals surface area contributed by atoms with Crippen molar-refractivity contribution in [3.05, 3.63) is 0 Å². The summed E-state index contributed by atoms with van der Waals surface area (Å²) in [6.45, 7) is 10.4. The molecule has 1 saturated carbocycles. The molecule has 0 aromatic carbocycles. The van der Waals surface area contributed by atoms with E-state index in [9.17, 15) is 0 Å². The molecule has 1 aliphatic heterocycles. The molecule has 0 radical (unpaired) electrons. The molecule has 1 heterocycles. The Morgan fingerprint density at radius 2 is 1.90 bits per heavy atom. The average molecular weight is 282 g/mol. The van der Waals surface area contributed by atoms with Crippen molar-refractivity contribution in [3.8, 4) is 0 Å². The Labute approximate surface area is 125 Å². The quantitative estimate of drug-likeness (QED) is 0.791. The number of hydrogen-bond acceptors (Lipinski definition) is 4. The summed E-state index contributed by atoms with van der Waals surface area (Å²) in [5.74, 6) is 0.908. The van der Waals surface area contributed by atoms with Gasteiger partial charge in [-0.1, -0.05) is 13.3 Å². The van der Waals surface area contributed by atoms with E-state index in [4.69, 9.17) is 5.73 Å². The number of piperazine rings is 1. The highest BCUT2D eigenvalue weighted by Gasteiger charge is 2.42. The van der Waals surface area contributed by atoms with Gasteiger partial charge in [0.15, 0.2) is 0 Å². The Bertz CT molecular complexity index is 286. The van der Waals surface area contributed by atoms with E-state index in [2.05, 4.69) is 35.7 Å². The van der Waals surface area contributed by atoms with Crippen LogP contribution in [-0.2, 0) is 0 Å². The Hall–Kier alpha value is -0.160. The monoisotopic (exact) mass is 282 g/mol. The van der Waals surface area contributed by atoms with Crippen molar-refractivity contribution in [1.82, 2.24) is 14.7 Å². The van der Waals surface area contributed by atoms with Crippen LogP contribution in [0.25, 0.3) is 0 Å². The molecule has 4 nitrogen and oxygen atoms in total. The van der Waals surface area contributed by atoms with Crippen LogP contribution in [0, 0.1) is 5.92 Å². The number of nitrogens with zero attached hydrogens (tertiary/aromatic N) is 3. The second-order valence-corrected chi connectivity index (χ2v) is 7.08. The first-order valence-electron chi connectivity index (χ1n) is 8.42. The van der Waals surface area contributed by atoms with Gasteiger partial charge in [-0.25, -0.2) is 0 Å². The SMILES string of the molecule is CCC1CCC(CN)(N2CCN(CCN(C)C)CC2)C1. The average Bonchev–Trinajstić information content (AvgIpc) is 2.90. The summed E-state index contributed by atoms with van der Waals surface area (Å²) >= 11 is 0. The molecule has 2 fully saturated rings. The van der Waals surface area contributed by atoms with Crippen LogP contribution in [0.1, 0.15) is 32.6 Å². The summed E-state index contributed by atoms with van der Waals surface area (Å²) < 4.78 is 0. The second-order valence-electron chi connectivity index (χ2n) is 7.08. The van der Waals surface area contributed by atoms with Gasteiger partial charge in [0, 0.05) is 51.4 Å². The van der Waals surface area contributed by atoms with E-state index in [1.54, 1.807) is 0 Å². The minimum Gasteiger partial charge on any atom is -0.329 e. The van der Waals surface area contributed by atoms with E-state index in [1.807, 2.05) is 0 Å². The van der Waals surface area contributed by atoms with Gasteiger partial charge in [0.25, 0.3) is 0 Å². The van der Waals surface area contributed by atoms with Crippen LogP contribution in [-0.4, -0.2) is 80.1 Å². The molecule has 118 valence electrons. The van der Waals surface area contributed by atoms with Crippen LogP contribution in [0.3, 0.4) is 0 Å². The predicted molar refractivity (Wildman–Crippen MR) is 86.0 cm³/mol. The zero-order valence-corrected chi connectivity index (χ0v) is 13.8. The zero-order chi connectivity index (χ0) is 14.6. The van der Waals surface area contributed by atoms with E-state index in [1.165, 1.54) is 65.0 Å². The summed E-state index contributed by atoms with van der Waals surface area (Å²) in [5.41, 5.74) is 6.52. The van der Waals surface area contributed by atoms with E-state index in [-0.39, 0.29) is 0 Å². The van der Waals surface area contributed by atoms with Gasteiger partial charge < -0.3 is 10.6 Å². The lowest BCUT2D eigenvalue weighted by atomic mass is 9.92. The number of likely N-dealkylation sites (N-methyl/N-ethyl adjacent to an activating group) is 1. The van der Waals surface area contributed by atoms with Crippen LogP contribution in [0.4, 0.5) is 0 Å². The molecule has 1 saturated heterocycles. The molecule has 2 aliphatic rings. The van der Waals surface area contributed by atoms with Crippen LogP contribution >= 0.6 is 0 Å². The molecule has 20 heavy (non-hydrogen) atoms. The minimum atomic E-state index is 0.328. The zero-order valence-electron chi connectivity index (χ0n) is 13.8. The number of hydrogen-bond donors (Lipinski definition) is 1. The Morgan fingerprint density at radius 3 is 2.40 bits per heavy atom. The summed E-state index contributed by atoms with van der Waals surface area (Å²) in [4.78, 5) is 7.60. The van der Waals surface area contributed by atoms with E-state index in [0.29, 0.717) is 5.54 Å². The third-order valence-electron chi connectivity index (χ3n) is 5.55. The maximum Gasteiger partial charge on any atom is 0.0335 e. The van der Waals surface area contributed by atoms with Gasteiger partial charge in [-0.3, -0.25) is 9.80 Å². The maximum absolute atomic E-state index is 6.19. The molecule has 4 heteroatoms. The smallest absolute Gasteiger partial charge is 0.0335 e. The molecule has 0 amide bonds. The van der Waals surface area contributed by atoms with Crippen LogP contribution in [0.5, 0.6) is 0 Å². The lowest BCUT2D eigenvalue weighted by molar-refractivity contribution is 0.0354. The van der Waals surface area contributed by atoms with Gasteiger partial charge in [-0.2, -0.15) is 0 Å². The highest BCUT2D eigenvalue weighted by atomic mass is 15.3. The predicted octanol–water partition coefficient (Wildman–Crippen LogP) is 1.07. The van der Waals surface area contributed by atoms with Crippen molar-refractivity contribution in [2.24, 2.45) is 11.7 Å². The molecule has 0 aromatic rings. The molecule has 0 aromatic heterocycles. The highest BCUT2D eigenvalue weighted by molar-refractivity contribution is 5.00. The number of nitrogens with two attached hydrogens (primary N) is 1. The Kier molecular flexibility index (Phi) is 5.84. The molecule has 2 unspecified atom stereocenters. The maximum atomic E-state index is 6.19. The summed E-state index contributed by atoms with van der Waals surface area (Å²) in [5, 5.41) is 0. The highest BCUT2D eigenvalue weighted by Crippen LogP contribution is 2.40. The van der Waals surface area contributed by atoms with E-state index in [0.717, 1.165) is 12.5 Å². The van der Waals surface area contributed by atoms with Crippen molar-refractivity contribution in [1.29, 1.82) is 0 Å². The van der Waals surface area contributed by atoms with Gasteiger partial charge in [0.2, 0.25) is 0 Å². The topological polar surface area (TPSA) is 35.7 Å². The van der Waals surface area contributed by atoms with Crippen molar-refractivity contribution in [2.45, 2.75) is 38.1 Å². The molecule has 2 atom stereocenters. The fourth-order valence-corrected chi connectivity index (χ4v) is 3.95. The fraction of sp³-hybridized carbons (Fsp3) is 1.00. The molecular formula is C16H34N4. The minimum absolute atomic E-state index is 0.328. The van der Waals surface area contributed by atoms with Crippen LogP contribution in [0.2, 0.25) is 0 Å². The summed E-state index contributed by atoms with van der Waals surface area (Å²) in [6.07, 6.45) is 5.36. The summed E-state index contributed by atoms with van der Waals surface area (Å²) in [7, 11) is 4.31. The first-order valence-corrected chi connectivity index (χ1v) is 8.42. The van der Waals surface area contributed by atoms with Crippen molar-refractivity contribution < 1.29 is 0 Å².